The highest BCUT2D eigenvalue weighted by molar-refractivity contribution is 6.01. The molecular formula is C34H34FN7O4. The fraction of sp³-hybridized carbons (Fsp3) is 0.265. The van der Waals surface area contributed by atoms with Crippen LogP contribution in [-0.2, 0) is 11.3 Å². The first kappa shape index (κ1) is 30.7. The summed E-state index contributed by atoms with van der Waals surface area (Å²) >= 11 is 0. The summed E-state index contributed by atoms with van der Waals surface area (Å²) in [6.45, 7) is 2.32. The van der Waals surface area contributed by atoms with E-state index >= 15 is 4.39 Å². The fourth-order valence-electron chi connectivity index (χ4n) is 5.87. The Kier molecular flexibility index (Phi) is 8.88. The molecule has 4 heterocycles. The number of aromatic nitrogens is 4. The van der Waals surface area contributed by atoms with Crippen molar-refractivity contribution in [2.24, 2.45) is 0 Å². The van der Waals surface area contributed by atoms with Crippen LogP contribution in [0.3, 0.4) is 0 Å². The topological polar surface area (TPSA) is 134 Å². The van der Waals surface area contributed by atoms with Gasteiger partial charge < -0.3 is 20.1 Å². The van der Waals surface area contributed by atoms with E-state index in [2.05, 4.69) is 30.8 Å². The number of piperidine rings is 1. The van der Waals surface area contributed by atoms with E-state index in [4.69, 9.17) is 9.47 Å². The highest BCUT2D eigenvalue weighted by Crippen LogP contribution is 2.29. The monoisotopic (exact) mass is 623 g/mol. The first-order chi connectivity index (χ1) is 22.3. The Hall–Kier alpha value is -5.36. The van der Waals surface area contributed by atoms with Gasteiger partial charge in [-0.3, -0.25) is 24.6 Å². The number of nitrogens with zero attached hydrogens (tertiary/aromatic N) is 4. The Balaban J connectivity index is 1.23. The second kappa shape index (κ2) is 13.3. The van der Waals surface area contributed by atoms with Gasteiger partial charge in [0.2, 0.25) is 5.91 Å². The highest BCUT2D eigenvalue weighted by atomic mass is 19.1. The van der Waals surface area contributed by atoms with E-state index in [0.29, 0.717) is 47.8 Å². The van der Waals surface area contributed by atoms with Gasteiger partial charge in [-0.25, -0.2) is 9.37 Å². The minimum atomic E-state index is -0.612. The van der Waals surface area contributed by atoms with Crippen molar-refractivity contribution in [2.75, 3.05) is 26.1 Å². The second-order valence-electron chi connectivity index (χ2n) is 11.2. The molecule has 3 aromatic heterocycles. The van der Waals surface area contributed by atoms with Gasteiger partial charge in [0.05, 0.1) is 25.8 Å². The number of ether oxygens (including phenoxy) is 2. The zero-order chi connectivity index (χ0) is 32.2. The van der Waals surface area contributed by atoms with Crippen LogP contribution in [0.4, 0.5) is 10.2 Å². The molecule has 0 unspecified atom stereocenters. The van der Waals surface area contributed by atoms with Crippen molar-refractivity contribution in [2.45, 2.75) is 38.4 Å². The molecule has 0 saturated carbocycles. The summed E-state index contributed by atoms with van der Waals surface area (Å²) in [5.41, 5.74) is 4.12. The molecule has 2 amide bonds. The lowest BCUT2D eigenvalue weighted by atomic mass is 9.96. The van der Waals surface area contributed by atoms with Crippen LogP contribution in [0.2, 0.25) is 0 Å². The maximum absolute atomic E-state index is 15.0. The first-order valence-electron chi connectivity index (χ1n) is 14.9. The molecule has 11 nitrogen and oxygen atoms in total. The lowest BCUT2D eigenvalue weighted by Gasteiger charge is -2.39. The highest BCUT2D eigenvalue weighted by Gasteiger charge is 2.35. The molecular weight excluding hydrogens is 589 g/mol. The minimum Gasteiger partial charge on any atom is -0.497 e. The largest absolute Gasteiger partial charge is 0.497 e. The smallest absolute Gasteiger partial charge is 0.251 e. The molecule has 1 fully saturated rings. The molecule has 46 heavy (non-hydrogen) atoms. The van der Waals surface area contributed by atoms with Crippen LogP contribution in [0.25, 0.3) is 22.2 Å². The van der Waals surface area contributed by atoms with Gasteiger partial charge in [0.25, 0.3) is 5.91 Å². The maximum atomic E-state index is 15.0. The molecule has 3 N–H and O–H groups in total. The number of H-pyrrole nitrogens is 1. The summed E-state index contributed by atoms with van der Waals surface area (Å²) in [5.74, 6) is 0.309. The molecule has 6 rings (SSSR count). The number of anilines is 1. The van der Waals surface area contributed by atoms with Gasteiger partial charge in [-0.15, -0.1) is 0 Å². The summed E-state index contributed by atoms with van der Waals surface area (Å²) in [5, 5.41) is 14.3. The van der Waals surface area contributed by atoms with E-state index < -0.39 is 11.9 Å². The lowest BCUT2D eigenvalue weighted by Crippen LogP contribution is -2.55. The molecule has 2 atom stereocenters. The molecule has 2 aromatic carbocycles. The van der Waals surface area contributed by atoms with Gasteiger partial charge >= 0.3 is 0 Å². The van der Waals surface area contributed by atoms with Crippen molar-refractivity contribution in [1.29, 1.82) is 0 Å². The summed E-state index contributed by atoms with van der Waals surface area (Å²) < 4.78 is 25.7. The standard InChI is InChI=1S/C34H34FN7O4/c1-20-15-21(11-13-36-20)32-25-16-22(7-9-28(25)40-41-32)33(43)38-23-8-10-29(34(44)39-31-17-24(45-2)12-14-37-31)42(18-23)19-26-27(35)5-4-6-30(26)46-3/h4-7,9,11-17,23,29H,8,10,18-19H2,1-3H3,(H,38,43)(H,40,41)(H,37,39,44)/t23-,29+/m1/s1. The number of rotatable bonds is 9. The predicted octanol–water partition coefficient (Wildman–Crippen LogP) is 4.89. The number of fused-ring (bicyclic) bond motifs is 1. The number of halogens is 1. The lowest BCUT2D eigenvalue weighted by molar-refractivity contribution is -0.123. The molecule has 0 bridgehead atoms. The molecule has 0 aliphatic carbocycles. The number of pyridine rings is 2. The number of carbonyl (C=O) groups excluding carboxylic acids is 2. The summed E-state index contributed by atoms with van der Waals surface area (Å²) in [6, 6.07) is 16.3. The summed E-state index contributed by atoms with van der Waals surface area (Å²) in [4.78, 5) is 37.5. The summed E-state index contributed by atoms with van der Waals surface area (Å²) in [6.07, 6.45) is 4.23. The van der Waals surface area contributed by atoms with Crippen LogP contribution in [-0.4, -0.2) is 69.7 Å². The van der Waals surface area contributed by atoms with E-state index in [1.165, 1.54) is 20.3 Å². The third-order valence-corrected chi connectivity index (χ3v) is 8.19. The Morgan fingerprint density at radius 3 is 2.67 bits per heavy atom. The van der Waals surface area contributed by atoms with Crippen molar-refractivity contribution >= 4 is 28.5 Å². The van der Waals surface area contributed by atoms with Crippen molar-refractivity contribution in [3.8, 4) is 22.8 Å². The number of methoxy groups -OCH3 is 2. The number of aromatic amines is 1. The zero-order valence-electron chi connectivity index (χ0n) is 25.7. The van der Waals surface area contributed by atoms with Gasteiger partial charge in [0.15, 0.2) is 0 Å². The van der Waals surface area contributed by atoms with Crippen LogP contribution in [0, 0.1) is 12.7 Å². The molecule has 5 aromatic rings. The number of aryl methyl sites for hydroxylation is 1. The molecule has 236 valence electrons. The van der Waals surface area contributed by atoms with E-state index in [1.54, 1.807) is 42.7 Å². The minimum absolute atomic E-state index is 0.0987. The molecule has 0 spiro atoms. The molecule has 1 saturated heterocycles. The molecule has 12 heteroatoms. The SMILES string of the molecule is COc1ccnc(NC(=O)[C@@H]2CC[C@@H](NC(=O)c3ccc4[nH]nc(-c5ccnc(C)c5)c4c3)CN2Cc2c(F)cccc2OC)c1. The van der Waals surface area contributed by atoms with Crippen LogP contribution < -0.4 is 20.1 Å². The Bertz CT molecular complexity index is 1890. The van der Waals surface area contributed by atoms with E-state index in [0.717, 1.165) is 27.9 Å². The number of carbonyl (C=O) groups is 2. The van der Waals surface area contributed by atoms with Crippen LogP contribution in [0.5, 0.6) is 11.5 Å². The van der Waals surface area contributed by atoms with Crippen molar-refractivity contribution in [3.05, 3.63) is 95.7 Å². The van der Waals surface area contributed by atoms with Crippen molar-refractivity contribution < 1.29 is 23.5 Å². The number of hydrogen-bond acceptors (Lipinski definition) is 8. The van der Waals surface area contributed by atoms with Crippen molar-refractivity contribution in [3.63, 3.8) is 0 Å². The molecule has 1 aliphatic rings. The van der Waals surface area contributed by atoms with Gasteiger partial charge in [0.1, 0.15) is 28.8 Å². The summed E-state index contributed by atoms with van der Waals surface area (Å²) in [7, 11) is 3.02. The van der Waals surface area contributed by atoms with Crippen LogP contribution >= 0.6 is 0 Å². The van der Waals surface area contributed by atoms with Gasteiger partial charge in [0, 0.05) is 65.4 Å². The zero-order valence-corrected chi connectivity index (χ0v) is 25.7. The van der Waals surface area contributed by atoms with Crippen molar-refractivity contribution in [1.82, 2.24) is 30.4 Å². The quantitative estimate of drug-likeness (QED) is 0.211. The number of hydrogen-bond donors (Lipinski definition) is 3. The van der Waals surface area contributed by atoms with Gasteiger partial charge in [-0.1, -0.05) is 6.07 Å². The van der Waals surface area contributed by atoms with E-state index in [1.807, 2.05) is 36.1 Å². The Morgan fingerprint density at radius 1 is 1.02 bits per heavy atom. The van der Waals surface area contributed by atoms with Crippen LogP contribution in [0.1, 0.15) is 34.5 Å². The third kappa shape index (κ3) is 6.52. The third-order valence-electron chi connectivity index (χ3n) is 8.19. The number of nitrogens with one attached hydrogen (secondary N) is 3. The van der Waals surface area contributed by atoms with E-state index in [-0.39, 0.29) is 24.4 Å². The van der Waals surface area contributed by atoms with Crippen LogP contribution in [0.15, 0.2) is 73.1 Å². The van der Waals surface area contributed by atoms with E-state index in [9.17, 15) is 9.59 Å². The maximum Gasteiger partial charge on any atom is 0.251 e. The average molecular weight is 624 g/mol. The molecule has 1 aliphatic heterocycles. The number of amides is 2. The van der Waals surface area contributed by atoms with Gasteiger partial charge in [-0.05, 0) is 68.3 Å². The normalized spacial score (nSPS) is 16.6. The Morgan fingerprint density at radius 2 is 1.87 bits per heavy atom. The fourth-order valence-corrected chi connectivity index (χ4v) is 5.87. The Labute approximate surface area is 265 Å². The van der Waals surface area contributed by atoms with Gasteiger partial charge in [-0.2, -0.15) is 5.10 Å². The predicted molar refractivity (Wildman–Crippen MR) is 171 cm³/mol. The number of benzene rings is 2. The first-order valence-corrected chi connectivity index (χ1v) is 14.9. The number of likely N-dealkylation sites (tertiary alicyclic amines) is 1. The second-order valence-corrected chi connectivity index (χ2v) is 11.2. The average Bonchev–Trinajstić information content (AvgIpc) is 3.49. The molecule has 0 radical (unpaired) electrons.